The summed E-state index contributed by atoms with van der Waals surface area (Å²) in [6.07, 6.45) is 10.3. The van der Waals surface area contributed by atoms with E-state index in [9.17, 15) is 5.11 Å². The number of likely N-dealkylation sites (tertiary alicyclic amines) is 1. The Morgan fingerprint density at radius 1 is 1.08 bits per heavy atom. The van der Waals surface area contributed by atoms with E-state index in [0.717, 1.165) is 38.2 Å². The second-order valence-electron chi connectivity index (χ2n) is 12.5. The first kappa shape index (κ1) is 25.0. The minimum Gasteiger partial charge on any atom is -0.492 e. The molecule has 4 heteroatoms. The van der Waals surface area contributed by atoms with E-state index in [-0.39, 0.29) is 11.5 Å². The van der Waals surface area contributed by atoms with Gasteiger partial charge in [0.1, 0.15) is 12.4 Å². The Labute approximate surface area is 223 Å². The quantitative estimate of drug-likeness (QED) is 0.517. The molecule has 0 spiro atoms. The molecule has 1 N–H and O–H groups in total. The van der Waals surface area contributed by atoms with E-state index in [0.29, 0.717) is 17.8 Å². The lowest BCUT2D eigenvalue weighted by atomic mass is 9.55. The van der Waals surface area contributed by atoms with Crippen LogP contribution < -0.4 is 9.64 Å². The van der Waals surface area contributed by atoms with Crippen molar-refractivity contribution in [2.45, 2.75) is 63.9 Å². The lowest BCUT2D eigenvalue weighted by Crippen LogP contribution is -2.44. The van der Waals surface area contributed by atoms with Crippen LogP contribution in [0.5, 0.6) is 5.75 Å². The highest BCUT2D eigenvalue weighted by molar-refractivity contribution is 5.59. The number of aliphatic hydroxyl groups excluding tert-OH is 1. The molecule has 2 aromatic carbocycles. The van der Waals surface area contributed by atoms with Gasteiger partial charge in [-0.25, -0.2) is 0 Å². The highest BCUT2D eigenvalue weighted by Crippen LogP contribution is 2.62. The molecule has 5 atom stereocenters. The Balaban J connectivity index is 1.16. The summed E-state index contributed by atoms with van der Waals surface area (Å²) in [5.74, 6) is 2.87. The fourth-order valence-corrected chi connectivity index (χ4v) is 8.03. The van der Waals surface area contributed by atoms with Gasteiger partial charge in [-0.05, 0) is 122 Å². The number of ether oxygens (including phenoxy) is 1. The molecule has 2 saturated carbocycles. The van der Waals surface area contributed by atoms with E-state index >= 15 is 0 Å². The van der Waals surface area contributed by atoms with Crippen molar-refractivity contribution >= 4 is 11.8 Å². The molecule has 0 aromatic heterocycles. The van der Waals surface area contributed by atoms with Gasteiger partial charge in [-0.3, -0.25) is 4.90 Å². The van der Waals surface area contributed by atoms with E-state index in [1.54, 1.807) is 5.56 Å². The molecule has 1 heterocycles. The van der Waals surface area contributed by atoms with E-state index in [1.807, 2.05) is 0 Å². The van der Waals surface area contributed by atoms with Crippen molar-refractivity contribution in [1.82, 2.24) is 4.90 Å². The maximum atomic E-state index is 11.5. The van der Waals surface area contributed by atoms with Crippen LogP contribution in [0.1, 0.15) is 68.1 Å². The highest BCUT2D eigenvalue weighted by Gasteiger charge is 2.56. The predicted octanol–water partition coefficient (Wildman–Crippen LogP) is 6.14. The van der Waals surface area contributed by atoms with Crippen LogP contribution >= 0.6 is 0 Å². The topological polar surface area (TPSA) is 35.9 Å². The second kappa shape index (κ2) is 10.1. The lowest BCUT2D eigenvalue weighted by molar-refractivity contribution is -0.0158. The van der Waals surface area contributed by atoms with E-state index < -0.39 is 0 Å². The molecule has 0 radical (unpaired) electrons. The summed E-state index contributed by atoms with van der Waals surface area (Å²) < 4.78 is 6.18. The van der Waals surface area contributed by atoms with E-state index in [1.165, 1.54) is 61.2 Å². The number of anilines is 1. The maximum absolute atomic E-state index is 11.5. The Kier molecular flexibility index (Phi) is 6.83. The molecule has 3 aliphatic carbocycles. The van der Waals surface area contributed by atoms with E-state index in [4.69, 9.17) is 4.74 Å². The van der Waals surface area contributed by atoms with Crippen LogP contribution in [-0.2, 0) is 6.42 Å². The first-order valence-corrected chi connectivity index (χ1v) is 14.6. The Morgan fingerprint density at radius 2 is 1.86 bits per heavy atom. The summed E-state index contributed by atoms with van der Waals surface area (Å²) in [4.78, 5) is 4.64. The normalized spacial score (nSPS) is 32.2. The van der Waals surface area contributed by atoms with Gasteiger partial charge in [-0.2, -0.15) is 0 Å². The van der Waals surface area contributed by atoms with Crippen molar-refractivity contribution < 1.29 is 9.84 Å². The van der Waals surface area contributed by atoms with E-state index in [2.05, 4.69) is 79.4 Å². The smallest absolute Gasteiger partial charge is 0.119 e. The van der Waals surface area contributed by atoms with Crippen molar-refractivity contribution in [3.63, 3.8) is 0 Å². The molecule has 198 valence electrons. The molecular formula is C33H44N2O2. The lowest BCUT2D eigenvalue weighted by Gasteiger charge is -2.49. The summed E-state index contributed by atoms with van der Waals surface area (Å²) in [6, 6.07) is 15.6. The van der Waals surface area contributed by atoms with Gasteiger partial charge in [0, 0.05) is 31.7 Å². The molecule has 0 amide bonds. The fourth-order valence-electron chi connectivity index (χ4n) is 8.03. The third kappa shape index (κ3) is 4.72. The molecule has 4 aliphatic rings. The third-order valence-electron chi connectivity index (χ3n) is 10.2. The van der Waals surface area contributed by atoms with Crippen molar-refractivity contribution in [3.8, 4) is 5.75 Å². The van der Waals surface area contributed by atoms with Crippen LogP contribution in [0.4, 0.5) is 5.69 Å². The van der Waals surface area contributed by atoms with Gasteiger partial charge in [-0.1, -0.05) is 31.2 Å². The summed E-state index contributed by atoms with van der Waals surface area (Å²) in [6.45, 7) is 6.65. The molecule has 3 fully saturated rings. The molecule has 2 aromatic rings. The number of benzene rings is 2. The van der Waals surface area contributed by atoms with Crippen molar-refractivity contribution in [1.29, 1.82) is 0 Å². The second-order valence-corrected chi connectivity index (χ2v) is 12.5. The fraction of sp³-hybridized carbons (Fsp3) is 0.576. The number of fused-ring (bicyclic) bond motifs is 5. The minimum absolute atomic E-state index is 0.00724. The van der Waals surface area contributed by atoms with Crippen molar-refractivity contribution in [2.24, 2.45) is 17.3 Å². The molecule has 4 nitrogen and oxygen atoms in total. The number of hydrogen-bond acceptors (Lipinski definition) is 4. The van der Waals surface area contributed by atoms with Crippen LogP contribution in [0.3, 0.4) is 0 Å². The minimum atomic E-state index is -0.334. The van der Waals surface area contributed by atoms with Crippen LogP contribution in [0.25, 0.3) is 6.08 Å². The zero-order valence-electron chi connectivity index (χ0n) is 23.0. The molecule has 1 aliphatic heterocycles. The first-order chi connectivity index (χ1) is 17.9. The number of hydrogen-bond donors (Lipinski definition) is 1. The van der Waals surface area contributed by atoms with Gasteiger partial charge in [0.05, 0.1) is 6.10 Å². The number of nitrogens with zero attached hydrogens (tertiary/aromatic N) is 2. The highest BCUT2D eigenvalue weighted by atomic mass is 16.5. The summed E-state index contributed by atoms with van der Waals surface area (Å²) in [5.41, 5.74) is 6.68. The van der Waals surface area contributed by atoms with Crippen LogP contribution in [0.15, 0.2) is 48.0 Å². The molecule has 37 heavy (non-hydrogen) atoms. The average molecular weight is 501 g/mol. The standard InChI is InChI=1S/C33H44N2O2/c1-33-15-14-29-28-13-11-27(37-19-18-35-16-4-5-17-35)21-24(28)8-12-30(29)31(33)22-25(32(33)36)20-23-6-9-26(10-7-23)34(2)3/h6-7,9-11,13,20-21,29-32,36H,4-5,8,12,14-19,22H2,1-3H3/t29-,30-,31+,32+,33+/m1/s1. The number of aliphatic hydroxyl groups is 1. The molecule has 0 unspecified atom stereocenters. The largest absolute Gasteiger partial charge is 0.492 e. The molecule has 6 rings (SSSR count). The van der Waals surface area contributed by atoms with Gasteiger partial charge in [0.25, 0.3) is 0 Å². The van der Waals surface area contributed by atoms with Gasteiger partial charge >= 0.3 is 0 Å². The molecular weight excluding hydrogens is 456 g/mol. The Hall–Kier alpha value is -2.30. The van der Waals surface area contributed by atoms with Crippen LogP contribution in [-0.4, -0.2) is 56.4 Å². The SMILES string of the molecule is CN(C)c1ccc(C=C2C[C@H]3[C@@H]4CCc5cc(OCCN6CCCC6)ccc5[C@H]4CC[C@]3(C)[C@H]2O)cc1. The maximum Gasteiger partial charge on any atom is 0.119 e. The average Bonchev–Trinajstić information content (AvgIpc) is 3.51. The predicted molar refractivity (Wildman–Crippen MR) is 152 cm³/mol. The third-order valence-corrected chi connectivity index (χ3v) is 10.2. The molecule has 1 saturated heterocycles. The summed E-state index contributed by atoms with van der Waals surface area (Å²) >= 11 is 0. The van der Waals surface area contributed by atoms with Gasteiger partial charge < -0.3 is 14.7 Å². The van der Waals surface area contributed by atoms with Crippen LogP contribution in [0, 0.1) is 17.3 Å². The van der Waals surface area contributed by atoms with Gasteiger partial charge in [-0.15, -0.1) is 0 Å². The summed E-state index contributed by atoms with van der Waals surface area (Å²) in [5, 5.41) is 11.5. The van der Waals surface area contributed by atoms with Gasteiger partial charge in [0.15, 0.2) is 0 Å². The Morgan fingerprint density at radius 3 is 2.62 bits per heavy atom. The first-order valence-electron chi connectivity index (χ1n) is 14.6. The zero-order chi connectivity index (χ0) is 25.6. The summed E-state index contributed by atoms with van der Waals surface area (Å²) in [7, 11) is 4.14. The number of rotatable bonds is 6. The Bertz CT molecular complexity index is 1130. The van der Waals surface area contributed by atoms with Crippen molar-refractivity contribution in [2.75, 3.05) is 45.2 Å². The van der Waals surface area contributed by atoms with Crippen LogP contribution in [0.2, 0.25) is 0 Å². The monoisotopic (exact) mass is 500 g/mol. The van der Waals surface area contributed by atoms with Crippen molar-refractivity contribution in [3.05, 3.63) is 64.7 Å². The zero-order valence-corrected chi connectivity index (χ0v) is 23.0. The number of aryl methyl sites for hydroxylation is 1. The van der Waals surface area contributed by atoms with Gasteiger partial charge in [0.2, 0.25) is 0 Å². The molecule has 0 bridgehead atoms.